The van der Waals surface area contributed by atoms with Crippen molar-refractivity contribution in [1.82, 2.24) is 10.6 Å². The maximum atomic E-state index is 6.08. The van der Waals surface area contributed by atoms with E-state index < -0.39 is 0 Å². The van der Waals surface area contributed by atoms with E-state index in [1.165, 1.54) is 0 Å². The van der Waals surface area contributed by atoms with E-state index in [2.05, 4.69) is 10.6 Å². The molecule has 0 saturated carbocycles. The predicted molar refractivity (Wildman–Crippen MR) is 68.5 cm³/mol. The van der Waals surface area contributed by atoms with Crippen molar-refractivity contribution in [2.75, 3.05) is 27.7 Å². The van der Waals surface area contributed by atoms with Gasteiger partial charge in [-0.2, -0.15) is 0 Å². The molecule has 1 aromatic rings. The number of aryl methyl sites for hydroxylation is 1. The zero-order chi connectivity index (χ0) is 12.1. The van der Waals surface area contributed by atoms with Crippen LogP contribution in [0.25, 0.3) is 0 Å². The number of likely N-dealkylation sites (N-methyl/N-ethyl adjacent to an activating group) is 2. The van der Waals surface area contributed by atoms with Crippen molar-refractivity contribution in [2.24, 2.45) is 0 Å². The molecule has 0 spiro atoms. The van der Waals surface area contributed by atoms with Gasteiger partial charge in [-0.25, -0.2) is 0 Å². The van der Waals surface area contributed by atoms with Crippen LogP contribution in [0.15, 0.2) is 12.1 Å². The molecule has 2 N–H and O–H groups in total. The Kier molecular flexibility index (Phi) is 5.06. The van der Waals surface area contributed by atoms with Crippen LogP contribution in [0.1, 0.15) is 17.2 Å². The molecular formula is C12H19ClN2O. The van der Waals surface area contributed by atoms with Gasteiger partial charge in [0.1, 0.15) is 5.75 Å². The van der Waals surface area contributed by atoms with E-state index in [1.54, 1.807) is 7.11 Å². The van der Waals surface area contributed by atoms with Gasteiger partial charge in [-0.1, -0.05) is 11.6 Å². The first-order valence-electron chi connectivity index (χ1n) is 5.30. The Hall–Kier alpha value is -0.770. The van der Waals surface area contributed by atoms with Gasteiger partial charge >= 0.3 is 0 Å². The third-order valence-corrected chi connectivity index (χ3v) is 2.82. The number of halogens is 1. The second-order valence-electron chi connectivity index (χ2n) is 3.74. The van der Waals surface area contributed by atoms with Crippen LogP contribution in [-0.2, 0) is 0 Å². The first kappa shape index (κ1) is 13.3. The highest BCUT2D eigenvalue weighted by molar-refractivity contribution is 6.30. The van der Waals surface area contributed by atoms with Gasteiger partial charge in [0.05, 0.1) is 7.11 Å². The Labute approximate surface area is 102 Å². The van der Waals surface area contributed by atoms with Crippen molar-refractivity contribution >= 4 is 11.6 Å². The van der Waals surface area contributed by atoms with Crippen molar-refractivity contribution in [1.29, 1.82) is 0 Å². The molecule has 1 unspecified atom stereocenters. The molecule has 4 heteroatoms. The van der Waals surface area contributed by atoms with Gasteiger partial charge in [-0.15, -0.1) is 0 Å². The van der Waals surface area contributed by atoms with Crippen molar-refractivity contribution in [3.05, 3.63) is 28.3 Å². The van der Waals surface area contributed by atoms with Crippen LogP contribution in [0, 0.1) is 6.92 Å². The van der Waals surface area contributed by atoms with E-state index in [0.29, 0.717) is 0 Å². The van der Waals surface area contributed by atoms with Crippen LogP contribution in [-0.4, -0.2) is 27.7 Å². The van der Waals surface area contributed by atoms with Crippen LogP contribution in [0.4, 0.5) is 0 Å². The van der Waals surface area contributed by atoms with Crippen molar-refractivity contribution in [3.63, 3.8) is 0 Å². The zero-order valence-electron chi connectivity index (χ0n) is 10.2. The monoisotopic (exact) mass is 242 g/mol. The number of hydrogen-bond acceptors (Lipinski definition) is 3. The minimum atomic E-state index is 0.192. The summed E-state index contributed by atoms with van der Waals surface area (Å²) >= 11 is 6.08. The lowest BCUT2D eigenvalue weighted by Gasteiger charge is -2.20. The van der Waals surface area contributed by atoms with E-state index in [0.717, 1.165) is 28.4 Å². The highest BCUT2D eigenvalue weighted by Gasteiger charge is 2.16. The average molecular weight is 243 g/mol. The molecular weight excluding hydrogens is 224 g/mol. The van der Waals surface area contributed by atoms with E-state index >= 15 is 0 Å². The maximum Gasteiger partial charge on any atom is 0.126 e. The van der Waals surface area contributed by atoms with Crippen molar-refractivity contribution in [2.45, 2.75) is 13.0 Å². The number of ether oxygens (including phenoxy) is 1. The normalized spacial score (nSPS) is 12.6. The van der Waals surface area contributed by atoms with Crippen LogP contribution < -0.4 is 15.4 Å². The van der Waals surface area contributed by atoms with Gasteiger partial charge < -0.3 is 15.4 Å². The summed E-state index contributed by atoms with van der Waals surface area (Å²) < 4.78 is 5.43. The molecule has 1 atom stereocenters. The molecule has 0 aromatic heterocycles. The maximum absolute atomic E-state index is 6.08. The number of hydrogen-bond donors (Lipinski definition) is 2. The fourth-order valence-electron chi connectivity index (χ4n) is 1.87. The fourth-order valence-corrected chi connectivity index (χ4v) is 2.15. The van der Waals surface area contributed by atoms with Crippen LogP contribution in [0.5, 0.6) is 5.75 Å². The smallest absolute Gasteiger partial charge is 0.126 e. The van der Waals surface area contributed by atoms with E-state index in [1.807, 2.05) is 33.2 Å². The molecule has 0 bridgehead atoms. The van der Waals surface area contributed by atoms with Crippen LogP contribution in [0.3, 0.4) is 0 Å². The van der Waals surface area contributed by atoms with Crippen LogP contribution in [0.2, 0.25) is 5.02 Å². The Balaban J connectivity index is 3.17. The Morgan fingerprint density at radius 3 is 2.56 bits per heavy atom. The summed E-state index contributed by atoms with van der Waals surface area (Å²) in [6.07, 6.45) is 0. The van der Waals surface area contributed by atoms with E-state index in [4.69, 9.17) is 16.3 Å². The summed E-state index contributed by atoms with van der Waals surface area (Å²) in [5.74, 6) is 0.902. The van der Waals surface area contributed by atoms with Gasteiger partial charge in [0.2, 0.25) is 0 Å². The molecule has 0 heterocycles. The summed E-state index contributed by atoms with van der Waals surface area (Å²) in [6.45, 7) is 2.83. The number of benzene rings is 1. The van der Waals surface area contributed by atoms with Gasteiger partial charge in [0.15, 0.2) is 0 Å². The summed E-state index contributed by atoms with van der Waals surface area (Å²) in [4.78, 5) is 0. The minimum Gasteiger partial charge on any atom is -0.496 e. The van der Waals surface area contributed by atoms with Gasteiger partial charge in [0.25, 0.3) is 0 Å². The molecule has 1 rings (SSSR count). The van der Waals surface area contributed by atoms with Gasteiger partial charge in [-0.05, 0) is 38.7 Å². The summed E-state index contributed by atoms with van der Waals surface area (Å²) in [6, 6.07) is 4.05. The first-order chi connectivity index (χ1) is 7.63. The lowest BCUT2D eigenvalue weighted by atomic mass is 10.0. The Bertz CT molecular complexity index is 355. The SMILES string of the molecule is CNCC(NC)c1cc(Cl)cc(C)c1OC. The van der Waals surface area contributed by atoms with Crippen molar-refractivity contribution in [3.8, 4) is 5.75 Å². The second kappa shape index (κ2) is 6.09. The largest absolute Gasteiger partial charge is 0.496 e. The topological polar surface area (TPSA) is 33.3 Å². The third-order valence-electron chi connectivity index (χ3n) is 2.60. The molecule has 1 aromatic carbocycles. The molecule has 0 aliphatic carbocycles. The molecule has 90 valence electrons. The van der Waals surface area contributed by atoms with Crippen molar-refractivity contribution < 1.29 is 4.74 Å². The Morgan fingerprint density at radius 1 is 1.38 bits per heavy atom. The average Bonchev–Trinajstić information content (AvgIpc) is 2.25. The van der Waals surface area contributed by atoms with Gasteiger partial charge in [0, 0.05) is 23.2 Å². The molecule has 0 saturated heterocycles. The second-order valence-corrected chi connectivity index (χ2v) is 4.18. The standard InChI is InChI=1S/C12H19ClN2O/c1-8-5-9(13)6-10(12(8)16-4)11(15-3)7-14-2/h5-6,11,14-15H,7H2,1-4H3. The molecule has 3 nitrogen and oxygen atoms in total. The predicted octanol–water partition coefficient (Wildman–Crippen LogP) is 2.14. The molecule has 0 amide bonds. The van der Waals surface area contributed by atoms with E-state index in [-0.39, 0.29) is 6.04 Å². The Morgan fingerprint density at radius 2 is 2.06 bits per heavy atom. The molecule has 0 aliphatic rings. The minimum absolute atomic E-state index is 0.192. The molecule has 16 heavy (non-hydrogen) atoms. The number of rotatable bonds is 5. The third kappa shape index (κ3) is 2.88. The lowest BCUT2D eigenvalue weighted by molar-refractivity contribution is 0.397. The quantitative estimate of drug-likeness (QED) is 0.830. The van der Waals surface area contributed by atoms with E-state index in [9.17, 15) is 0 Å². The van der Waals surface area contributed by atoms with Crippen LogP contribution >= 0.6 is 11.6 Å². The molecule has 0 radical (unpaired) electrons. The lowest BCUT2D eigenvalue weighted by Crippen LogP contribution is -2.27. The van der Waals surface area contributed by atoms with Gasteiger partial charge in [-0.3, -0.25) is 0 Å². The highest BCUT2D eigenvalue weighted by Crippen LogP contribution is 2.31. The molecule has 0 fully saturated rings. The first-order valence-corrected chi connectivity index (χ1v) is 5.67. The summed E-state index contributed by atoms with van der Waals surface area (Å²) in [7, 11) is 5.54. The summed E-state index contributed by atoms with van der Waals surface area (Å²) in [5, 5.41) is 7.13. The number of methoxy groups -OCH3 is 1. The highest BCUT2D eigenvalue weighted by atomic mass is 35.5. The number of nitrogens with one attached hydrogen (secondary N) is 2. The zero-order valence-corrected chi connectivity index (χ0v) is 11.0. The molecule has 0 aliphatic heterocycles. The fraction of sp³-hybridized carbons (Fsp3) is 0.500. The summed E-state index contributed by atoms with van der Waals surface area (Å²) in [5.41, 5.74) is 2.14.